The number of benzene rings is 4. The highest BCUT2D eigenvalue weighted by Gasteiger charge is 2.53. The van der Waals surface area contributed by atoms with Crippen LogP contribution >= 0.6 is 15.9 Å². The summed E-state index contributed by atoms with van der Waals surface area (Å²) < 4.78 is 27.4. The van der Waals surface area contributed by atoms with Crippen molar-refractivity contribution in [3.63, 3.8) is 0 Å². The monoisotopic (exact) mass is 630 g/mol. The van der Waals surface area contributed by atoms with Crippen molar-refractivity contribution in [3.05, 3.63) is 136 Å². The van der Waals surface area contributed by atoms with E-state index in [0.717, 1.165) is 15.6 Å². The average molecular weight is 632 g/mol. The molecule has 0 radical (unpaired) electrons. The van der Waals surface area contributed by atoms with Crippen LogP contribution in [0.1, 0.15) is 34.8 Å². The number of carbonyl (C=O) groups excluding carboxylic acids is 1. The highest BCUT2D eigenvalue weighted by Crippen LogP contribution is 2.42. The molecule has 1 heterocycles. The van der Waals surface area contributed by atoms with Crippen molar-refractivity contribution in [3.8, 4) is 5.75 Å². The van der Waals surface area contributed by atoms with Gasteiger partial charge in [-0.15, -0.1) is 0 Å². The molecule has 4 aromatic carbocycles. The average Bonchev–Trinajstić information content (AvgIpc) is 3.40. The van der Waals surface area contributed by atoms with Crippen LogP contribution in [0.15, 0.2) is 113 Å². The highest BCUT2D eigenvalue weighted by atomic mass is 79.9. The maximum Gasteiger partial charge on any atom is 0.252 e. The summed E-state index contributed by atoms with van der Waals surface area (Å²) in [5, 5.41) is 12.1. The Kier molecular flexibility index (Phi) is 9.66. The van der Waals surface area contributed by atoms with E-state index in [1.54, 1.807) is 18.2 Å². The predicted molar refractivity (Wildman–Crippen MR) is 164 cm³/mol. The van der Waals surface area contributed by atoms with Crippen molar-refractivity contribution in [1.29, 1.82) is 0 Å². The molecule has 216 valence electrons. The summed E-state index contributed by atoms with van der Waals surface area (Å²) in [5.41, 5.74) is 1.66. The molecule has 42 heavy (non-hydrogen) atoms. The molecule has 0 aromatic heterocycles. The van der Waals surface area contributed by atoms with Crippen LogP contribution in [0.5, 0.6) is 5.75 Å². The quantitative estimate of drug-likeness (QED) is 0.182. The van der Waals surface area contributed by atoms with Gasteiger partial charge in [0.15, 0.2) is 11.6 Å². The molecule has 0 saturated carbocycles. The van der Waals surface area contributed by atoms with Crippen molar-refractivity contribution < 1.29 is 23.8 Å². The third-order valence-corrected chi connectivity index (χ3v) is 7.69. The van der Waals surface area contributed by atoms with Crippen LogP contribution in [0, 0.1) is 5.82 Å². The van der Waals surface area contributed by atoms with Gasteiger partial charge in [0, 0.05) is 36.0 Å². The van der Waals surface area contributed by atoms with Crippen molar-refractivity contribution in [2.45, 2.75) is 30.9 Å². The molecule has 5 rings (SSSR count). The number of aliphatic imine (C=N–C) groups is 1. The molecule has 0 saturated heterocycles. The number of aliphatic hydroxyl groups excluding tert-OH is 1. The van der Waals surface area contributed by atoms with Crippen LogP contribution in [0.25, 0.3) is 0 Å². The van der Waals surface area contributed by atoms with Gasteiger partial charge in [0.1, 0.15) is 11.6 Å². The minimum atomic E-state index is -1.32. The lowest BCUT2D eigenvalue weighted by atomic mass is 9.82. The lowest BCUT2D eigenvalue weighted by Crippen LogP contribution is -2.50. The van der Waals surface area contributed by atoms with Crippen molar-refractivity contribution in [1.82, 2.24) is 5.32 Å². The summed E-state index contributed by atoms with van der Waals surface area (Å²) in [6.45, 7) is 0.715. The Balaban J connectivity index is 1.50. The molecule has 1 amide bonds. The highest BCUT2D eigenvalue weighted by molar-refractivity contribution is 9.10. The van der Waals surface area contributed by atoms with Crippen molar-refractivity contribution >= 4 is 27.7 Å². The van der Waals surface area contributed by atoms with E-state index in [2.05, 4.69) is 21.2 Å². The van der Waals surface area contributed by atoms with E-state index in [9.17, 15) is 9.18 Å². The van der Waals surface area contributed by atoms with Crippen LogP contribution in [-0.4, -0.2) is 42.2 Å². The van der Waals surface area contributed by atoms with Crippen LogP contribution < -0.4 is 10.1 Å². The van der Waals surface area contributed by atoms with E-state index in [-0.39, 0.29) is 24.9 Å². The van der Waals surface area contributed by atoms with Gasteiger partial charge in [-0.3, -0.25) is 4.79 Å². The summed E-state index contributed by atoms with van der Waals surface area (Å²) in [5.74, 6) is 0.419. The maximum absolute atomic E-state index is 14.3. The number of amides is 1. The second-order valence-electron chi connectivity index (χ2n) is 10.1. The van der Waals surface area contributed by atoms with Gasteiger partial charge in [-0.2, -0.15) is 0 Å². The van der Waals surface area contributed by atoms with E-state index in [1.165, 1.54) is 6.07 Å². The number of nitrogens with one attached hydrogen (secondary N) is 1. The standard InChI is InChI=1S/C34H32BrFN2O4/c35-28-15-11-26(12-16-28)31-34(23-24-7-2-1-3-8-24,33(40)37-20-19-25-9-4-5-10-30(25)36)38-32(42-31)27-13-17-29(18-14-27)41-22-6-21-39/h1-5,7-18,31,39H,6,19-23H2,(H,37,40)/t31-,34-/m1/s1. The Morgan fingerprint density at radius 3 is 2.40 bits per heavy atom. The fourth-order valence-corrected chi connectivity index (χ4v) is 5.26. The summed E-state index contributed by atoms with van der Waals surface area (Å²) in [6.07, 6.45) is 0.472. The largest absolute Gasteiger partial charge is 0.494 e. The lowest BCUT2D eigenvalue weighted by molar-refractivity contribution is -0.128. The number of halogens is 2. The first-order valence-electron chi connectivity index (χ1n) is 13.9. The molecule has 2 N–H and O–H groups in total. The number of hydrogen-bond acceptors (Lipinski definition) is 5. The number of nitrogens with zero attached hydrogens (tertiary/aromatic N) is 1. The molecule has 4 aromatic rings. The second-order valence-corrected chi connectivity index (χ2v) is 11.0. The Morgan fingerprint density at radius 2 is 1.69 bits per heavy atom. The molecule has 8 heteroatoms. The molecule has 0 fully saturated rings. The van der Waals surface area contributed by atoms with Crippen LogP contribution in [-0.2, 0) is 22.4 Å². The van der Waals surface area contributed by atoms with Crippen LogP contribution in [0.3, 0.4) is 0 Å². The minimum absolute atomic E-state index is 0.0615. The zero-order valence-corrected chi connectivity index (χ0v) is 24.6. The summed E-state index contributed by atoms with van der Waals surface area (Å²) in [7, 11) is 0. The first kappa shape index (κ1) is 29.5. The van der Waals surface area contributed by atoms with Gasteiger partial charge in [-0.05, 0) is 65.6 Å². The Hall–Kier alpha value is -4.01. The van der Waals surface area contributed by atoms with Gasteiger partial charge in [0.25, 0.3) is 5.91 Å². The molecular weight excluding hydrogens is 599 g/mol. The second kappa shape index (κ2) is 13.8. The topological polar surface area (TPSA) is 80.2 Å². The van der Waals surface area contributed by atoms with Gasteiger partial charge >= 0.3 is 0 Å². The first-order valence-corrected chi connectivity index (χ1v) is 14.7. The van der Waals surface area contributed by atoms with E-state index in [4.69, 9.17) is 19.6 Å². The Bertz CT molecular complexity index is 1510. The fraction of sp³-hybridized carbons (Fsp3) is 0.235. The maximum atomic E-state index is 14.3. The third kappa shape index (κ3) is 6.89. The van der Waals surface area contributed by atoms with Gasteiger partial charge in [-0.25, -0.2) is 9.38 Å². The molecule has 0 unspecified atom stereocenters. The van der Waals surface area contributed by atoms with E-state index >= 15 is 0 Å². The van der Waals surface area contributed by atoms with Crippen molar-refractivity contribution in [2.75, 3.05) is 19.8 Å². The zero-order valence-electron chi connectivity index (χ0n) is 23.0. The van der Waals surface area contributed by atoms with Crippen molar-refractivity contribution in [2.24, 2.45) is 4.99 Å². The van der Waals surface area contributed by atoms with Crippen LogP contribution in [0.2, 0.25) is 0 Å². The van der Waals surface area contributed by atoms with Crippen LogP contribution in [0.4, 0.5) is 4.39 Å². The molecule has 1 aliphatic heterocycles. The fourth-order valence-electron chi connectivity index (χ4n) is 4.99. The molecule has 1 aliphatic rings. The molecule has 2 atom stereocenters. The number of aliphatic hydroxyl groups is 1. The van der Waals surface area contributed by atoms with Gasteiger partial charge in [0.2, 0.25) is 5.90 Å². The predicted octanol–water partition coefficient (Wildman–Crippen LogP) is 6.21. The zero-order chi connectivity index (χ0) is 29.4. The summed E-state index contributed by atoms with van der Waals surface area (Å²) in [4.78, 5) is 19.3. The Morgan fingerprint density at radius 1 is 0.976 bits per heavy atom. The third-order valence-electron chi connectivity index (χ3n) is 7.16. The number of carbonyl (C=O) groups is 1. The summed E-state index contributed by atoms with van der Waals surface area (Å²) >= 11 is 3.50. The molecule has 0 aliphatic carbocycles. The van der Waals surface area contributed by atoms with Gasteiger partial charge in [0.05, 0.1) is 6.61 Å². The summed E-state index contributed by atoms with van der Waals surface area (Å²) in [6, 6.07) is 31.3. The molecule has 0 bridgehead atoms. The van der Waals surface area contributed by atoms with E-state index < -0.39 is 11.6 Å². The number of hydrogen-bond donors (Lipinski definition) is 2. The van der Waals surface area contributed by atoms with E-state index in [1.807, 2.05) is 78.9 Å². The molecule has 0 spiro atoms. The smallest absolute Gasteiger partial charge is 0.252 e. The minimum Gasteiger partial charge on any atom is -0.494 e. The van der Waals surface area contributed by atoms with Gasteiger partial charge < -0.3 is 19.9 Å². The van der Waals surface area contributed by atoms with E-state index in [0.29, 0.717) is 48.6 Å². The molecule has 6 nitrogen and oxygen atoms in total. The number of rotatable bonds is 12. The number of ether oxygens (including phenoxy) is 2. The molecular formula is C34H32BrFN2O4. The normalized spacial score (nSPS) is 17.8. The lowest BCUT2D eigenvalue weighted by Gasteiger charge is -2.31. The first-order chi connectivity index (χ1) is 20.5. The SMILES string of the molecule is O=C(NCCc1ccccc1F)[C@]1(Cc2ccccc2)N=C(c2ccc(OCCCO)cc2)O[C@@H]1c1ccc(Br)cc1. The Labute approximate surface area is 253 Å². The van der Waals surface area contributed by atoms with Gasteiger partial charge in [-0.1, -0.05) is 76.6 Å².